The van der Waals surface area contributed by atoms with Crippen molar-refractivity contribution >= 4 is 17.4 Å². The number of hydrazone groups is 1. The standard InChI is InChI=1S/C17H22N2O2/c1-11-5-6-15(12(2)7-11)16(21)19-18-13-8-14(20)10-17(3,4)9-13/h5-7H,8-10H2,1-4H3,(H,19,21)/b18-13+. The number of nitrogens with zero attached hydrogens (tertiary/aromatic N) is 1. The van der Waals surface area contributed by atoms with Crippen LogP contribution in [-0.2, 0) is 4.79 Å². The van der Waals surface area contributed by atoms with E-state index in [1.54, 1.807) is 6.07 Å². The number of benzene rings is 1. The Morgan fingerprint density at radius 1 is 1.24 bits per heavy atom. The van der Waals surface area contributed by atoms with Gasteiger partial charge in [-0.3, -0.25) is 9.59 Å². The minimum absolute atomic E-state index is 0.0708. The molecule has 1 fully saturated rings. The topological polar surface area (TPSA) is 58.5 Å². The first-order valence-corrected chi connectivity index (χ1v) is 7.21. The summed E-state index contributed by atoms with van der Waals surface area (Å²) in [6.07, 6.45) is 1.67. The molecule has 1 N–H and O–H groups in total. The fraction of sp³-hybridized carbons (Fsp3) is 0.471. The molecule has 1 aliphatic carbocycles. The maximum absolute atomic E-state index is 12.2. The average molecular weight is 286 g/mol. The number of hydrogen-bond donors (Lipinski definition) is 1. The van der Waals surface area contributed by atoms with Crippen LogP contribution in [0.4, 0.5) is 0 Å². The van der Waals surface area contributed by atoms with E-state index in [-0.39, 0.29) is 17.1 Å². The Labute approximate surface area is 125 Å². The van der Waals surface area contributed by atoms with Crippen LogP contribution < -0.4 is 5.43 Å². The van der Waals surface area contributed by atoms with Gasteiger partial charge < -0.3 is 0 Å². The summed E-state index contributed by atoms with van der Waals surface area (Å²) < 4.78 is 0. The summed E-state index contributed by atoms with van der Waals surface area (Å²) in [6, 6.07) is 5.67. The van der Waals surface area contributed by atoms with Gasteiger partial charge in [0.05, 0.1) is 0 Å². The van der Waals surface area contributed by atoms with E-state index in [9.17, 15) is 9.59 Å². The Bertz CT molecular complexity index is 615. The van der Waals surface area contributed by atoms with Gasteiger partial charge in [-0.2, -0.15) is 5.10 Å². The van der Waals surface area contributed by atoms with Crippen LogP contribution in [-0.4, -0.2) is 17.4 Å². The molecular weight excluding hydrogens is 264 g/mol. The van der Waals surface area contributed by atoms with E-state index >= 15 is 0 Å². The van der Waals surface area contributed by atoms with Crippen molar-refractivity contribution in [3.05, 3.63) is 34.9 Å². The Morgan fingerprint density at radius 2 is 1.95 bits per heavy atom. The number of nitrogens with one attached hydrogen (secondary N) is 1. The lowest BCUT2D eigenvalue weighted by molar-refractivity contribution is -0.120. The van der Waals surface area contributed by atoms with Crippen LogP contribution in [0.2, 0.25) is 0 Å². The third-order valence-electron chi connectivity index (χ3n) is 3.70. The first kappa shape index (κ1) is 15.4. The van der Waals surface area contributed by atoms with Gasteiger partial charge in [-0.05, 0) is 37.3 Å². The largest absolute Gasteiger partial charge is 0.299 e. The predicted octanol–water partition coefficient (Wildman–Crippen LogP) is 3.17. The molecule has 1 aliphatic rings. The van der Waals surface area contributed by atoms with E-state index in [0.717, 1.165) is 23.3 Å². The molecule has 0 aliphatic heterocycles. The fourth-order valence-electron chi connectivity index (χ4n) is 2.84. The molecule has 0 saturated heterocycles. The van der Waals surface area contributed by atoms with Crippen LogP contribution >= 0.6 is 0 Å². The Hall–Kier alpha value is -1.97. The number of rotatable bonds is 2. The lowest BCUT2D eigenvalue weighted by atomic mass is 9.76. The zero-order valence-corrected chi connectivity index (χ0v) is 13.1. The molecule has 112 valence electrons. The van der Waals surface area contributed by atoms with Crippen molar-refractivity contribution in [2.24, 2.45) is 10.5 Å². The second-order valence-corrected chi connectivity index (χ2v) is 6.67. The van der Waals surface area contributed by atoms with Gasteiger partial charge >= 0.3 is 0 Å². The van der Waals surface area contributed by atoms with E-state index < -0.39 is 0 Å². The SMILES string of the molecule is Cc1ccc(C(=O)N/N=C2\CC(=O)CC(C)(C)C2)c(C)c1. The number of hydrogen-bond acceptors (Lipinski definition) is 3. The summed E-state index contributed by atoms with van der Waals surface area (Å²) in [5.41, 5.74) is 5.93. The van der Waals surface area contributed by atoms with Crippen molar-refractivity contribution in [1.82, 2.24) is 5.43 Å². The van der Waals surface area contributed by atoms with Gasteiger partial charge in [0.2, 0.25) is 0 Å². The van der Waals surface area contributed by atoms with Gasteiger partial charge in [-0.25, -0.2) is 5.43 Å². The lowest BCUT2D eigenvalue weighted by Crippen LogP contribution is -2.31. The summed E-state index contributed by atoms with van der Waals surface area (Å²) in [7, 11) is 0. The maximum Gasteiger partial charge on any atom is 0.271 e. The average Bonchev–Trinajstić information content (AvgIpc) is 2.33. The highest BCUT2D eigenvalue weighted by atomic mass is 16.2. The van der Waals surface area contributed by atoms with Gasteiger partial charge in [0, 0.05) is 24.1 Å². The minimum Gasteiger partial charge on any atom is -0.299 e. The first-order chi connectivity index (χ1) is 9.77. The van der Waals surface area contributed by atoms with Gasteiger partial charge in [-0.1, -0.05) is 31.5 Å². The van der Waals surface area contributed by atoms with Gasteiger partial charge in [0.1, 0.15) is 5.78 Å². The fourth-order valence-corrected chi connectivity index (χ4v) is 2.84. The highest BCUT2D eigenvalue weighted by Crippen LogP contribution is 2.31. The predicted molar refractivity (Wildman–Crippen MR) is 83.5 cm³/mol. The summed E-state index contributed by atoms with van der Waals surface area (Å²) in [5.74, 6) is -0.0402. The monoisotopic (exact) mass is 286 g/mol. The van der Waals surface area contributed by atoms with Gasteiger partial charge in [0.25, 0.3) is 5.91 Å². The summed E-state index contributed by atoms with van der Waals surface area (Å²) in [4.78, 5) is 23.9. The third-order valence-corrected chi connectivity index (χ3v) is 3.70. The normalized spacial score (nSPS) is 19.6. The van der Waals surface area contributed by atoms with Crippen molar-refractivity contribution in [1.29, 1.82) is 0 Å². The molecule has 4 heteroatoms. The molecule has 0 aromatic heterocycles. The third kappa shape index (κ3) is 4.00. The number of ketones is 1. The molecule has 1 amide bonds. The van der Waals surface area contributed by atoms with Gasteiger partial charge in [-0.15, -0.1) is 0 Å². The summed E-state index contributed by atoms with van der Waals surface area (Å²) in [5, 5.41) is 4.17. The Balaban J connectivity index is 2.09. The lowest BCUT2D eigenvalue weighted by Gasteiger charge is -2.29. The molecule has 0 spiro atoms. The minimum atomic E-state index is -0.226. The number of aryl methyl sites for hydroxylation is 2. The molecule has 1 saturated carbocycles. The zero-order valence-electron chi connectivity index (χ0n) is 13.1. The molecule has 2 rings (SSSR count). The van der Waals surface area contributed by atoms with Crippen LogP contribution in [0.3, 0.4) is 0 Å². The first-order valence-electron chi connectivity index (χ1n) is 7.21. The van der Waals surface area contributed by atoms with Crippen LogP contribution in [0.5, 0.6) is 0 Å². The highest BCUT2D eigenvalue weighted by molar-refractivity contribution is 6.05. The van der Waals surface area contributed by atoms with E-state index in [1.165, 1.54) is 0 Å². The molecule has 1 aromatic rings. The second kappa shape index (κ2) is 5.80. The molecule has 0 unspecified atom stereocenters. The molecular formula is C17H22N2O2. The molecule has 0 atom stereocenters. The second-order valence-electron chi connectivity index (χ2n) is 6.67. The number of carbonyl (C=O) groups is 2. The van der Waals surface area contributed by atoms with Crippen LogP contribution in [0.15, 0.2) is 23.3 Å². The Kier molecular flexibility index (Phi) is 4.26. The van der Waals surface area contributed by atoms with Crippen molar-refractivity contribution in [2.45, 2.75) is 47.0 Å². The number of carbonyl (C=O) groups excluding carboxylic acids is 2. The highest BCUT2D eigenvalue weighted by Gasteiger charge is 2.30. The van der Waals surface area contributed by atoms with Crippen molar-refractivity contribution < 1.29 is 9.59 Å². The van der Waals surface area contributed by atoms with E-state index in [1.807, 2.05) is 39.8 Å². The quantitative estimate of drug-likeness (QED) is 0.849. The van der Waals surface area contributed by atoms with E-state index in [0.29, 0.717) is 18.4 Å². The maximum atomic E-state index is 12.2. The van der Waals surface area contributed by atoms with Crippen molar-refractivity contribution in [2.75, 3.05) is 0 Å². The van der Waals surface area contributed by atoms with Crippen LogP contribution in [0.1, 0.15) is 54.6 Å². The molecule has 0 heterocycles. The van der Waals surface area contributed by atoms with Gasteiger partial charge in [0.15, 0.2) is 0 Å². The smallest absolute Gasteiger partial charge is 0.271 e. The zero-order chi connectivity index (χ0) is 15.6. The van der Waals surface area contributed by atoms with Crippen LogP contribution in [0.25, 0.3) is 0 Å². The number of Topliss-reactive ketones (excluding diaryl/α,β-unsaturated/α-hetero) is 1. The van der Waals surface area contributed by atoms with E-state index in [4.69, 9.17) is 0 Å². The number of amides is 1. The molecule has 0 bridgehead atoms. The molecule has 21 heavy (non-hydrogen) atoms. The molecule has 0 radical (unpaired) electrons. The molecule has 1 aromatic carbocycles. The Morgan fingerprint density at radius 3 is 2.57 bits per heavy atom. The summed E-state index contributed by atoms with van der Waals surface area (Å²) in [6.45, 7) is 7.99. The summed E-state index contributed by atoms with van der Waals surface area (Å²) >= 11 is 0. The van der Waals surface area contributed by atoms with Crippen molar-refractivity contribution in [3.63, 3.8) is 0 Å². The molecule has 4 nitrogen and oxygen atoms in total. The van der Waals surface area contributed by atoms with Crippen molar-refractivity contribution in [3.8, 4) is 0 Å². The van der Waals surface area contributed by atoms with E-state index in [2.05, 4.69) is 10.5 Å². The van der Waals surface area contributed by atoms with Crippen LogP contribution in [0, 0.1) is 19.3 Å².